The predicted octanol–water partition coefficient (Wildman–Crippen LogP) is 7.39. The molecule has 3 aromatic rings. The number of ether oxygens (including phenoxy) is 3. The maximum Gasteiger partial charge on any atom is 0.270 e. The molecule has 1 aliphatic rings. The molecule has 3 aromatic carbocycles. The second-order valence-corrected chi connectivity index (χ2v) is 9.87. The zero-order chi connectivity index (χ0) is 24.9. The van der Waals surface area contributed by atoms with E-state index in [0.717, 1.165) is 11.1 Å². The topological polar surface area (TPSA) is 48.0 Å². The van der Waals surface area contributed by atoms with E-state index in [4.69, 9.17) is 49.6 Å². The van der Waals surface area contributed by atoms with E-state index in [0.29, 0.717) is 48.8 Å². The molecule has 0 N–H and O–H groups in total. The summed E-state index contributed by atoms with van der Waals surface area (Å²) in [6.07, 6.45) is 1.79. The van der Waals surface area contributed by atoms with Crippen molar-refractivity contribution in [3.63, 3.8) is 0 Å². The van der Waals surface area contributed by atoms with Gasteiger partial charge in [-0.15, -0.1) is 0 Å². The summed E-state index contributed by atoms with van der Waals surface area (Å²) >= 11 is 19.0. The summed E-state index contributed by atoms with van der Waals surface area (Å²) in [5, 5.41) is 1.10. The van der Waals surface area contributed by atoms with Crippen molar-refractivity contribution >= 4 is 69.2 Å². The molecule has 35 heavy (non-hydrogen) atoms. The number of thioether (sulfide) groups is 1. The van der Waals surface area contributed by atoms with E-state index in [2.05, 4.69) is 0 Å². The number of halogens is 2. The van der Waals surface area contributed by atoms with Gasteiger partial charge in [-0.05, 0) is 55.0 Å². The molecule has 0 radical (unpaired) electrons. The van der Waals surface area contributed by atoms with Gasteiger partial charge in [-0.3, -0.25) is 9.69 Å². The quantitative estimate of drug-likeness (QED) is 0.217. The Hall–Kier alpha value is -2.71. The second-order valence-electron chi connectivity index (χ2n) is 7.35. The second kappa shape index (κ2) is 11.4. The lowest BCUT2D eigenvalue weighted by Crippen LogP contribution is -2.27. The molecule has 1 heterocycles. The van der Waals surface area contributed by atoms with Crippen molar-refractivity contribution in [1.29, 1.82) is 0 Å². The number of hydrogen-bond donors (Lipinski definition) is 0. The van der Waals surface area contributed by atoms with Crippen LogP contribution in [0.15, 0.2) is 65.6 Å². The van der Waals surface area contributed by atoms with E-state index in [1.165, 1.54) is 16.7 Å². The highest BCUT2D eigenvalue weighted by molar-refractivity contribution is 8.27. The average Bonchev–Trinajstić information content (AvgIpc) is 3.12. The van der Waals surface area contributed by atoms with Crippen LogP contribution >= 0.6 is 47.2 Å². The first-order valence-corrected chi connectivity index (χ1v) is 12.6. The molecule has 180 valence electrons. The van der Waals surface area contributed by atoms with Gasteiger partial charge < -0.3 is 14.2 Å². The highest BCUT2D eigenvalue weighted by atomic mass is 35.5. The van der Waals surface area contributed by atoms with Gasteiger partial charge in [0.25, 0.3) is 5.91 Å². The Morgan fingerprint density at radius 3 is 2.54 bits per heavy atom. The standard InChI is InChI=1S/C26H21Cl2NO4S2/c1-3-32-23-12-16(8-11-22(23)33-15-17-9-10-18(27)14-19(17)28)13-24-25(30)29(26(34)35-24)20-6-4-5-7-21(20)31-2/h4-14H,3,15H2,1-2H3/b24-13+. The molecular formula is C26H21Cl2NO4S2. The Labute approximate surface area is 223 Å². The van der Waals surface area contributed by atoms with Crippen molar-refractivity contribution < 1.29 is 19.0 Å². The zero-order valence-electron chi connectivity index (χ0n) is 18.9. The van der Waals surface area contributed by atoms with Crippen LogP contribution in [0.1, 0.15) is 18.1 Å². The third-order valence-corrected chi connectivity index (χ3v) is 6.97. The lowest BCUT2D eigenvalue weighted by atomic mass is 10.1. The van der Waals surface area contributed by atoms with Gasteiger partial charge in [-0.2, -0.15) is 0 Å². The van der Waals surface area contributed by atoms with Crippen molar-refractivity contribution in [2.75, 3.05) is 18.6 Å². The smallest absolute Gasteiger partial charge is 0.270 e. The van der Waals surface area contributed by atoms with Crippen LogP contribution in [0.2, 0.25) is 10.0 Å². The lowest BCUT2D eigenvalue weighted by molar-refractivity contribution is -0.113. The Morgan fingerprint density at radius 2 is 1.80 bits per heavy atom. The van der Waals surface area contributed by atoms with E-state index in [1.807, 2.05) is 43.3 Å². The summed E-state index contributed by atoms with van der Waals surface area (Å²) in [7, 11) is 1.56. The van der Waals surface area contributed by atoms with Crippen molar-refractivity contribution in [3.8, 4) is 17.2 Å². The van der Waals surface area contributed by atoms with Crippen LogP contribution in [0.3, 0.4) is 0 Å². The molecule has 0 atom stereocenters. The first kappa shape index (κ1) is 25.4. The molecule has 1 amide bonds. The van der Waals surface area contributed by atoms with E-state index < -0.39 is 0 Å². The molecule has 0 unspecified atom stereocenters. The number of anilines is 1. The van der Waals surface area contributed by atoms with Crippen LogP contribution in [0, 0.1) is 0 Å². The van der Waals surface area contributed by atoms with E-state index in [9.17, 15) is 4.79 Å². The summed E-state index contributed by atoms with van der Waals surface area (Å²) in [5.41, 5.74) is 2.20. The molecule has 4 rings (SSSR count). The Bertz CT molecular complexity index is 1310. The minimum Gasteiger partial charge on any atom is -0.495 e. The third-order valence-electron chi connectivity index (χ3n) is 5.08. The number of carbonyl (C=O) groups excluding carboxylic acids is 1. The van der Waals surface area contributed by atoms with Gasteiger partial charge in [-0.1, -0.05) is 71.4 Å². The first-order valence-electron chi connectivity index (χ1n) is 10.7. The van der Waals surface area contributed by atoms with Crippen LogP contribution in [-0.4, -0.2) is 23.9 Å². The van der Waals surface area contributed by atoms with Crippen molar-refractivity contribution in [2.24, 2.45) is 0 Å². The summed E-state index contributed by atoms with van der Waals surface area (Å²) in [5.74, 6) is 1.49. The zero-order valence-corrected chi connectivity index (χ0v) is 22.1. The van der Waals surface area contributed by atoms with Gasteiger partial charge in [0.15, 0.2) is 15.8 Å². The number of hydrogen-bond acceptors (Lipinski definition) is 6. The van der Waals surface area contributed by atoms with Crippen LogP contribution < -0.4 is 19.1 Å². The number of nitrogens with zero attached hydrogens (tertiary/aromatic N) is 1. The maximum absolute atomic E-state index is 13.2. The number of rotatable bonds is 8. The van der Waals surface area contributed by atoms with Crippen molar-refractivity contribution in [3.05, 3.63) is 86.7 Å². The molecular weight excluding hydrogens is 525 g/mol. The molecule has 0 aromatic heterocycles. The Kier molecular flexibility index (Phi) is 8.23. The summed E-state index contributed by atoms with van der Waals surface area (Å²) in [6, 6.07) is 18.0. The number of methoxy groups -OCH3 is 1. The predicted molar refractivity (Wildman–Crippen MR) is 147 cm³/mol. The molecule has 0 aliphatic carbocycles. The number of amides is 1. The summed E-state index contributed by atoms with van der Waals surface area (Å²) in [6.45, 7) is 2.61. The number of para-hydroxylation sites is 2. The van der Waals surface area contributed by atoms with Gasteiger partial charge in [-0.25, -0.2) is 0 Å². The summed E-state index contributed by atoms with van der Waals surface area (Å²) in [4.78, 5) is 15.2. The normalized spacial score (nSPS) is 14.5. The van der Waals surface area contributed by atoms with Crippen LogP contribution in [0.5, 0.6) is 17.2 Å². The van der Waals surface area contributed by atoms with Crippen molar-refractivity contribution in [2.45, 2.75) is 13.5 Å². The maximum atomic E-state index is 13.2. The molecule has 0 saturated carbocycles. The van der Waals surface area contributed by atoms with E-state index >= 15 is 0 Å². The highest BCUT2D eigenvalue weighted by Gasteiger charge is 2.34. The minimum atomic E-state index is -0.208. The molecule has 0 bridgehead atoms. The first-order chi connectivity index (χ1) is 16.9. The molecule has 1 saturated heterocycles. The third kappa shape index (κ3) is 5.76. The molecule has 9 heteroatoms. The average molecular weight is 546 g/mol. The minimum absolute atomic E-state index is 0.208. The largest absolute Gasteiger partial charge is 0.495 e. The monoisotopic (exact) mass is 545 g/mol. The van der Waals surface area contributed by atoms with Gasteiger partial charge >= 0.3 is 0 Å². The fraction of sp³-hybridized carbons (Fsp3) is 0.154. The molecule has 1 fully saturated rings. The molecule has 0 spiro atoms. The van der Waals surface area contributed by atoms with E-state index in [-0.39, 0.29) is 12.5 Å². The van der Waals surface area contributed by atoms with Crippen LogP contribution in [-0.2, 0) is 11.4 Å². The molecule has 1 aliphatic heterocycles. The van der Waals surface area contributed by atoms with E-state index in [1.54, 1.807) is 37.5 Å². The Balaban J connectivity index is 1.57. The fourth-order valence-corrected chi connectivity index (χ4v) is 5.19. The SMILES string of the molecule is CCOc1cc(/C=C2/SC(=S)N(c3ccccc3OC)C2=O)ccc1OCc1ccc(Cl)cc1Cl. The van der Waals surface area contributed by atoms with Gasteiger partial charge in [0.1, 0.15) is 12.4 Å². The van der Waals surface area contributed by atoms with Crippen LogP contribution in [0.25, 0.3) is 6.08 Å². The molecule has 5 nitrogen and oxygen atoms in total. The number of thiocarbonyl (C=S) groups is 1. The number of benzene rings is 3. The lowest BCUT2D eigenvalue weighted by Gasteiger charge is -2.17. The fourth-order valence-electron chi connectivity index (χ4n) is 3.44. The summed E-state index contributed by atoms with van der Waals surface area (Å²) < 4.78 is 17.6. The van der Waals surface area contributed by atoms with Crippen molar-refractivity contribution in [1.82, 2.24) is 0 Å². The van der Waals surface area contributed by atoms with Gasteiger partial charge in [0.2, 0.25) is 0 Å². The van der Waals surface area contributed by atoms with Gasteiger partial charge in [0.05, 0.1) is 24.3 Å². The number of carbonyl (C=O) groups is 1. The van der Waals surface area contributed by atoms with Gasteiger partial charge in [0, 0.05) is 15.6 Å². The van der Waals surface area contributed by atoms with Crippen LogP contribution in [0.4, 0.5) is 5.69 Å². The Morgan fingerprint density at radius 1 is 1.00 bits per heavy atom. The highest BCUT2D eigenvalue weighted by Crippen LogP contribution is 2.40.